The first-order chi connectivity index (χ1) is 9.88. The number of nitrogens with zero attached hydrogens (tertiary/aromatic N) is 2. The molecule has 0 atom stereocenters. The lowest BCUT2D eigenvalue weighted by Gasteiger charge is -2.05. The highest BCUT2D eigenvalue weighted by molar-refractivity contribution is 7.99. The minimum atomic E-state index is -4.34. The molecule has 2 aromatic rings. The van der Waals surface area contributed by atoms with Crippen LogP contribution < -0.4 is 5.69 Å². The summed E-state index contributed by atoms with van der Waals surface area (Å²) in [5, 5.41) is 6.59. The number of alkyl halides is 3. The molecule has 0 aliphatic carbocycles. The van der Waals surface area contributed by atoms with Crippen molar-refractivity contribution < 1.29 is 13.2 Å². The van der Waals surface area contributed by atoms with E-state index in [0.717, 1.165) is 12.1 Å². The number of hydrogen-bond acceptors (Lipinski definition) is 3. The molecule has 0 radical (unpaired) electrons. The molecule has 1 aromatic carbocycles. The number of hydrogen-bond donors (Lipinski definition) is 1. The Morgan fingerprint density at radius 1 is 1.33 bits per heavy atom. The van der Waals surface area contributed by atoms with Crippen LogP contribution in [0.4, 0.5) is 13.2 Å². The van der Waals surface area contributed by atoms with Crippen LogP contribution in [0.2, 0.25) is 0 Å². The van der Waals surface area contributed by atoms with Crippen LogP contribution in [0.25, 0.3) is 0 Å². The van der Waals surface area contributed by atoms with Gasteiger partial charge in [-0.25, -0.2) is 9.89 Å². The fraction of sp³-hybridized carbons (Fsp3) is 0.231. The Morgan fingerprint density at radius 3 is 2.52 bits per heavy atom. The van der Waals surface area contributed by atoms with Gasteiger partial charge in [-0.15, -0.1) is 5.10 Å². The summed E-state index contributed by atoms with van der Waals surface area (Å²) in [5.74, 6) is 5.94. The largest absolute Gasteiger partial charge is 0.416 e. The molecule has 0 aliphatic heterocycles. The van der Waals surface area contributed by atoms with Gasteiger partial charge in [0.1, 0.15) is 0 Å². The second-order valence-electron chi connectivity index (χ2n) is 4.04. The summed E-state index contributed by atoms with van der Waals surface area (Å²) < 4.78 is 38.5. The van der Waals surface area contributed by atoms with E-state index in [4.69, 9.17) is 0 Å². The van der Waals surface area contributed by atoms with Gasteiger partial charge in [-0.2, -0.15) is 13.2 Å². The summed E-state index contributed by atoms with van der Waals surface area (Å²) in [5.41, 5.74) is -0.512. The molecule has 0 amide bonds. The first-order valence-corrected chi connectivity index (χ1v) is 6.77. The third-order valence-electron chi connectivity index (χ3n) is 2.56. The van der Waals surface area contributed by atoms with Crippen molar-refractivity contribution in [3.63, 3.8) is 0 Å². The number of halogens is 3. The fourth-order valence-electron chi connectivity index (χ4n) is 1.44. The molecule has 0 aliphatic rings. The summed E-state index contributed by atoms with van der Waals surface area (Å²) in [6.07, 6.45) is -4.34. The zero-order valence-electron chi connectivity index (χ0n) is 10.9. The summed E-state index contributed by atoms with van der Waals surface area (Å²) in [4.78, 5) is 11.1. The van der Waals surface area contributed by atoms with E-state index in [0.29, 0.717) is 16.5 Å². The van der Waals surface area contributed by atoms with Crippen LogP contribution in [0.5, 0.6) is 0 Å². The van der Waals surface area contributed by atoms with Crippen LogP contribution >= 0.6 is 11.8 Å². The predicted octanol–water partition coefficient (Wildman–Crippen LogP) is 2.27. The van der Waals surface area contributed by atoms with Crippen LogP contribution in [-0.2, 0) is 13.2 Å². The van der Waals surface area contributed by atoms with Crippen molar-refractivity contribution in [3.05, 3.63) is 45.9 Å². The van der Waals surface area contributed by atoms with Crippen LogP contribution in [0.3, 0.4) is 0 Å². The third kappa shape index (κ3) is 3.92. The van der Waals surface area contributed by atoms with Crippen molar-refractivity contribution in [2.75, 3.05) is 5.75 Å². The van der Waals surface area contributed by atoms with E-state index >= 15 is 0 Å². The number of H-pyrrole nitrogens is 1. The van der Waals surface area contributed by atoms with Gasteiger partial charge in [0.2, 0.25) is 0 Å². The molecule has 0 spiro atoms. The van der Waals surface area contributed by atoms with Gasteiger partial charge < -0.3 is 0 Å². The Hall–Kier alpha value is -2.14. The van der Waals surface area contributed by atoms with E-state index in [9.17, 15) is 18.0 Å². The highest BCUT2D eigenvalue weighted by atomic mass is 32.2. The quantitative estimate of drug-likeness (QED) is 0.683. The first-order valence-electron chi connectivity index (χ1n) is 5.78. The van der Waals surface area contributed by atoms with E-state index < -0.39 is 11.7 Å². The predicted molar refractivity (Wildman–Crippen MR) is 72.9 cm³/mol. The number of nitrogens with one attached hydrogen (secondary N) is 1. The van der Waals surface area contributed by atoms with Crippen LogP contribution in [-0.4, -0.2) is 20.5 Å². The van der Waals surface area contributed by atoms with Crippen LogP contribution in [0.15, 0.2) is 34.2 Å². The molecule has 4 nitrogen and oxygen atoms in total. The lowest BCUT2D eigenvalue weighted by molar-refractivity contribution is -0.137. The summed E-state index contributed by atoms with van der Waals surface area (Å²) >= 11 is 1.26. The van der Waals surface area contributed by atoms with Crippen molar-refractivity contribution in [1.29, 1.82) is 0 Å². The summed E-state index contributed by atoms with van der Waals surface area (Å²) in [7, 11) is 1.58. The maximum absolute atomic E-state index is 12.4. The van der Waals surface area contributed by atoms with Crippen molar-refractivity contribution in [2.45, 2.75) is 11.3 Å². The highest BCUT2D eigenvalue weighted by Gasteiger charge is 2.29. The van der Waals surface area contributed by atoms with E-state index in [1.54, 1.807) is 7.05 Å². The normalized spacial score (nSPS) is 11.0. The maximum Gasteiger partial charge on any atom is 0.416 e. The van der Waals surface area contributed by atoms with Gasteiger partial charge in [-0.05, 0) is 24.3 Å². The van der Waals surface area contributed by atoms with Gasteiger partial charge in [0, 0.05) is 12.6 Å². The molecule has 2 rings (SSSR count). The van der Waals surface area contributed by atoms with Crippen LogP contribution in [0.1, 0.15) is 11.1 Å². The minimum absolute atomic E-state index is 0.312. The second kappa shape index (κ2) is 6.10. The first kappa shape index (κ1) is 15.3. The number of aromatic amines is 1. The Morgan fingerprint density at radius 2 is 2.00 bits per heavy atom. The van der Waals surface area contributed by atoms with Gasteiger partial charge in [-0.3, -0.25) is 4.57 Å². The molecule has 0 saturated heterocycles. The molecule has 0 unspecified atom stereocenters. The topological polar surface area (TPSA) is 50.7 Å². The molecule has 0 saturated carbocycles. The number of benzene rings is 1. The third-order valence-corrected chi connectivity index (χ3v) is 3.47. The van der Waals surface area contributed by atoms with Gasteiger partial charge >= 0.3 is 11.9 Å². The Bertz CT molecular complexity index is 735. The van der Waals surface area contributed by atoms with Gasteiger partial charge in [0.25, 0.3) is 0 Å². The summed E-state index contributed by atoms with van der Waals surface area (Å²) in [6.45, 7) is 0. The molecular formula is C13H10F3N3OS. The van der Waals surface area contributed by atoms with Gasteiger partial charge in [0.05, 0.1) is 11.3 Å². The average Bonchev–Trinajstić information content (AvgIpc) is 2.75. The van der Waals surface area contributed by atoms with E-state index in [-0.39, 0.29) is 5.69 Å². The molecule has 21 heavy (non-hydrogen) atoms. The van der Waals surface area contributed by atoms with Crippen molar-refractivity contribution >= 4 is 11.8 Å². The lowest BCUT2D eigenvalue weighted by Crippen LogP contribution is -2.12. The Balaban J connectivity index is 1.97. The molecular weight excluding hydrogens is 303 g/mol. The molecule has 0 fully saturated rings. The Labute approximate surface area is 122 Å². The van der Waals surface area contributed by atoms with Crippen LogP contribution in [0, 0.1) is 11.8 Å². The second-order valence-corrected chi connectivity index (χ2v) is 4.98. The van der Waals surface area contributed by atoms with Gasteiger partial charge in [0.15, 0.2) is 5.16 Å². The molecule has 1 aromatic heterocycles. The van der Waals surface area contributed by atoms with Crippen molar-refractivity contribution in [3.8, 4) is 11.8 Å². The minimum Gasteiger partial charge on any atom is -0.273 e. The zero-order chi connectivity index (χ0) is 15.5. The number of aromatic nitrogens is 3. The highest BCUT2D eigenvalue weighted by Crippen LogP contribution is 2.28. The molecule has 1 heterocycles. The lowest BCUT2D eigenvalue weighted by atomic mass is 10.1. The number of thioether (sulfide) groups is 1. The summed E-state index contributed by atoms with van der Waals surface area (Å²) in [6, 6.07) is 4.64. The Kier molecular flexibility index (Phi) is 4.43. The standard InChI is InChI=1S/C13H10F3N3OS/c1-19-11(20)17-18-12(19)21-8-2-3-9-4-6-10(7-5-9)13(14,15)16/h4-7H,8H2,1H3,(H,17,20). The molecule has 110 valence electrons. The van der Waals surface area contributed by atoms with E-state index in [1.807, 2.05) is 0 Å². The van der Waals surface area contributed by atoms with E-state index in [1.165, 1.54) is 28.5 Å². The van der Waals surface area contributed by atoms with E-state index in [2.05, 4.69) is 22.0 Å². The number of rotatable bonds is 2. The average molecular weight is 313 g/mol. The van der Waals surface area contributed by atoms with Gasteiger partial charge in [-0.1, -0.05) is 23.6 Å². The SMILES string of the molecule is Cn1c(SCC#Cc2ccc(C(F)(F)F)cc2)n[nH]c1=O. The fourth-order valence-corrected chi connectivity index (χ4v) is 2.10. The molecule has 0 bridgehead atoms. The molecule has 1 N–H and O–H groups in total. The maximum atomic E-state index is 12.4. The van der Waals surface area contributed by atoms with Crippen molar-refractivity contribution in [2.24, 2.45) is 7.05 Å². The van der Waals surface area contributed by atoms with Crippen molar-refractivity contribution in [1.82, 2.24) is 14.8 Å². The zero-order valence-corrected chi connectivity index (χ0v) is 11.7. The monoisotopic (exact) mass is 313 g/mol. The molecule has 8 heteroatoms. The smallest absolute Gasteiger partial charge is 0.273 e.